The number of rotatable bonds is 7. The normalized spacial score (nSPS) is 15.6. The average molecular weight is 355 g/mol. The summed E-state index contributed by atoms with van der Waals surface area (Å²) < 4.78 is 0. The quantitative estimate of drug-likeness (QED) is 0.519. The standard InChI is InChI=1S/C21H29N3O2/c1-4-19(17-10-9-15-7-5-6-8-16(15)11-17)24-20(26)18(12-22)13-23-21(2,3)14-25/h9-11,13,19,23,25H,4-8,14H2,1-3H3,(H,24,26)/b18-13-. The van der Waals surface area contributed by atoms with E-state index in [1.54, 1.807) is 13.8 Å². The number of aliphatic hydroxyl groups excluding tert-OH is 1. The minimum Gasteiger partial charge on any atom is -0.394 e. The number of hydrogen-bond donors (Lipinski definition) is 3. The molecule has 140 valence electrons. The van der Waals surface area contributed by atoms with Crippen molar-refractivity contribution < 1.29 is 9.90 Å². The van der Waals surface area contributed by atoms with Crippen molar-refractivity contribution in [2.45, 2.75) is 64.5 Å². The number of carbonyl (C=O) groups is 1. The summed E-state index contributed by atoms with van der Waals surface area (Å²) in [5.41, 5.74) is 3.29. The molecule has 1 atom stereocenters. The molecule has 1 amide bonds. The topological polar surface area (TPSA) is 85.2 Å². The van der Waals surface area contributed by atoms with Crippen LogP contribution in [0, 0.1) is 11.3 Å². The third-order valence-electron chi connectivity index (χ3n) is 4.86. The summed E-state index contributed by atoms with van der Waals surface area (Å²) in [7, 11) is 0. The van der Waals surface area contributed by atoms with Crippen molar-refractivity contribution in [2.75, 3.05) is 6.61 Å². The van der Waals surface area contributed by atoms with Gasteiger partial charge in [-0.25, -0.2) is 0 Å². The van der Waals surface area contributed by atoms with Gasteiger partial charge in [-0.2, -0.15) is 5.26 Å². The predicted molar refractivity (Wildman–Crippen MR) is 102 cm³/mol. The Hall–Kier alpha value is -2.32. The lowest BCUT2D eigenvalue weighted by molar-refractivity contribution is -0.117. The van der Waals surface area contributed by atoms with Crippen LogP contribution >= 0.6 is 0 Å². The zero-order chi connectivity index (χ0) is 19.2. The van der Waals surface area contributed by atoms with E-state index in [1.165, 1.54) is 30.2 Å². The molecule has 1 aliphatic carbocycles. The molecule has 0 heterocycles. The van der Waals surface area contributed by atoms with E-state index in [0.717, 1.165) is 24.8 Å². The van der Waals surface area contributed by atoms with Crippen molar-refractivity contribution in [3.8, 4) is 6.07 Å². The summed E-state index contributed by atoms with van der Waals surface area (Å²) in [5.74, 6) is -0.404. The van der Waals surface area contributed by atoms with Crippen molar-refractivity contribution in [1.82, 2.24) is 10.6 Å². The molecule has 0 aliphatic heterocycles. The molecule has 0 bridgehead atoms. The average Bonchev–Trinajstić information content (AvgIpc) is 2.66. The van der Waals surface area contributed by atoms with Gasteiger partial charge in [0.15, 0.2) is 0 Å². The first kappa shape index (κ1) is 20.0. The Kier molecular flexibility index (Phi) is 6.82. The molecule has 0 aromatic heterocycles. The van der Waals surface area contributed by atoms with E-state index in [4.69, 9.17) is 0 Å². The van der Waals surface area contributed by atoms with E-state index in [1.807, 2.05) is 13.0 Å². The van der Waals surface area contributed by atoms with E-state index < -0.39 is 11.4 Å². The molecule has 0 spiro atoms. The number of amides is 1. The van der Waals surface area contributed by atoms with Crippen LogP contribution in [0.25, 0.3) is 0 Å². The van der Waals surface area contributed by atoms with Gasteiger partial charge in [0.25, 0.3) is 5.91 Å². The van der Waals surface area contributed by atoms with Crippen molar-refractivity contribution in [1.29, 1.82) is 5.26 Å². The van der Waals surface area contributed by atoms with Gasteiger partial charge in [-0.05, 0) is 62.6 Å². The van der Waals surface area contributed by atoms with Gasteiger partial charge in [-0.3, -0.25) is 4.79 Å². The molecule has 3 N–H and O–H groups in total. The number of hydrogen-bond acceptors (Lipinski definition) is 4. The largest absolute Gasteiger partial charge is 0.394 e. The highest BCUT2D eigenvalue weighted by Gasteiger charge is 2.20. The Morgan fingerprint density at radius 1 is 1.35 bits per heavy atom. The van der Waals surface area contributed by atoms with Gasteiger partial charge in [-0.15, -0.1) is 0 Å². The molecule has 1 aliphatic rings. The lowest BCUT2D eigenvalue weighted by Gasteiger charge is -2.23. The maximum Gasteiger partial charge on any atom is 0.263 e. The second-order valence-electron chi connectivity index (χ2n) is 7.53. The molecule has 0 saturated heterocycles. The monoisotopic (exact) mass is 355 g/mol. The highest BCUT2D eigenvalue weighted by Crippen LogP contribution is 2.26. The molecule has 1 aromatic carbocycles. The molecular formula is C21H29N3O2. The van der Waals surface area contributed by atoms with Crippen molar-refractivity contribution in [2.24, 2.45) is 0 Å². The summed E-state index contributed by atoms with van der Waals surface area (Å²) in [6.07, 6.45) is 6.81. The number of carbonyl (C=O) groups excluding carboxylic acids is 1. The van der Waals surface area contributed by atoms with Gasteiger partial charge in [0, 0.05) is 6.20 Å². The summed E-state index contributed by atoms with van der Waals surface area (Å²) in [6.45, 7) is 5.50. The Morgan fingerprint density at radius 3 is 2.65 bits per heavy atom. The highest BCUT2D eigenvalue weighted by atomic mass is 16.3. The fourth-order valence-corrected chi connectivity index (χ4v) is 3.09. The number of aliphatic hydroxyl groups is 1. The fraction of sp³-hybridized carbons (Fsp3) is 0.524. The van der Waals surface area contributed by atoms with E-state index in [2.05, 4.69) is 28.8 Å². The maximum atomic E-state index is 12.5. The first-order valence-corrected chi connectivity index (χ1v) is 9.31. The van der Waals surface area contributed by atoms with Crippen LogP contribution in [-0.4, -0.2) is 23.2 Å². The molecule has 5 heteroatoms. The van der Waals surface area contributed by atoms with Crippen molar-refractivity contribution in [3.63, 3.8) is 0 Å². The number of aryl methyl sites for hydroxylation is 2. The van der Waals surface area contributed by atoms with Crippen LogP contribution in [0.3, 0.4) is 0 Å². The molecule has 5 nitrogen and oxygen atoms in total. The zero-order valence-electron chi connectivity index (χ0n) is 15.9. The predicted octanol–water partition coefficient (Wildman–Crippen LogP) is 2.90. The van der Waals surface area contributed by atoms with E-state index >= 15 is 0 Å². The van der Waals surface area contributed by atoms with Crippen LogP contribution in [0.15, 0.2) is 30.0 Å². The summed E-state index contributed by atoms with van der Waals surface area (Å²) in [6, 6.07) is 8.26. The number of fused-ring (bicyclic) bond motifs is 1. The molecule has 0 fully saturated rings. The van der Waals surface area contributed by atoms with E-state index in [-0.39, 0.29) is 18.2 Å². The van der Waals surface area contributed by atoms with Crippen LogP contribution < -0.4 is 10.6 Å². The maximum absolute atomic E-state index is 12.5. The minimum atomic E-state index is -0.592. The number of nitriles is 1. The molecule has 0 radical (unpaired) electrons. The molecule has 26 heavy (non-hydrogen) atoms. The first-order valence-electron chi connectivity index (χ1n) is 9.31. The smallest absolute Gasteiger partial charge is 0.263 e. The third kappa shape index (κ3) is 5.09. The molecular weight excluding hydrogens is 326 g/mol. The number of nitrogens with one attached hydrogen (secondary N) is 2. The van der Waals surface area contributed by atoms with Crippen molar-refractivity contribution >= 4 is 5.91 Å². The summed E-state index contributed by atoms with van der Waals surface area (Å²) in [4.78, 5) is 12.5. The first-order chi connectivity index (χ1) is 12.4. The van der Waals surface area contributed by atoms with Gasteiger partial charge in [0.2, 0.25) is 0 Å². The lowest BCUT2D eigenvalue weighted by Crippen LogP contribution is -2.40. The Balaban J connectivity index is 2.12. The molecule has 1 unspecified atom stereocenters. The van der Waals surface area contributed by atoms with Gasteiger partial charge in [0.1, 0.15) is 11.6 Å². The second-order valence-corrected chi connectivity index (χ2v) is 7.53. The summed E-state index contributed by atoms with van der Waals surface area (Å²) >= 11 is 0. The third-order valence-corrected chi connectivity index (χ3v) is 4.86. The van der Waals surface area contributed by atoms with Crippen LogP contribution in [0.2, 0.25) is 0 Å². The van der Waals surface area contributed by atoms with Crippen LogP contribution in [-0.2, 0) is 17.6 Å². The van der Waals surface area contributed by atoms with Crippen molar-refractivity contribution in [3.05, 3.63) is 46.7 Å². The number of nitrogens with zero attached hydrogens (tertiary/aromatic N) is 1. The van der Waals surface area contributed by atoms with E-state index in [0.29, 0.717) is 0 Å². The van der Waals surface area contributed by atoms with Gasteiger partial charge < -0.3 is 15.7 Å². The molecule has 1 aromatic rings. The summed E-state index contributed by atoms with van der Waals surface area (Å²) in [5, 5.41) is 24.5. The van der Waals surface area contributed by atoms with Gasteiger partial charge >= 0.3 is 0 Å². The minimum absolute atomic E-state index is 0.00272. The molecule has 2 rings (SSSR count). The van der Waals surface area contributed by atoms with Gasteiger partial charge in [0.05, 0.1) is 18.2 Å². The zero-order valence-corrected chi connectivity index (χ0v) is 15.9. The number of benzene rings is 1. The second kappa shape index (κ2) is 8.86. The lowest BCUT2D eigenvalue weighted by atomic mass is 9.88. The van der Waals surface area contributed by atoms with Gasteiger partial charge in [-0.1, -0.05) is 25.1 Å². The Morgan fingerprint density at radius 2 is 2.04 bits per heavy atom. The van der Waals surface area contributed by atoms with E-state index in [9.17, 15) is 15.2 Å². The SMILES string of the molecule is CCC(NC(=O)/C(C#N)=C\NC(C)(C)CO)c1ccc2c(c1)CCCC2. The highest BCUT2D eigenvalue weighted by molar-refractivity contribution is 5.97. The van der Waals surface area contributed by atoms with Crippen LogP contribution in [0.1, 0.15) is 62.8 Å². The van der Waals surface area contributed by atoms with Crippen LogP contribution in [0.5, 0.6) is 0 Å². The Bertz CT molecular complexity index is 716. The molecule has 0 saturated carbocycles. The van der Waals surface area contributed by atoms with Crippen LogP contribution in [0.4, 0.5) is 0 Å². The Labute approximate surface area is 156 Å². The fourth-order valence-electron chi connectivity index (χ4n) is 3.09.